The van der Waals surface area contributed by atoms with Crippen molar-refractivity contribution < 1.29 is 27.1 Å². The lowest BCUT2D eigenvalue weighted by Crippen LogP contribution is -2.49. The van der Waals surface area contributed by atoms with Crippen molar-refractivity contribution in [1.29, 1.82) is 10.7 Å². The van der Waals surface area contributed by atoms with Crippen molar-refractivity contribution in [2.24, 2.45) is 0 Å². The topological polar surface area (TPSA) is 164 Å². The second kappa shape index (κ2) is 11.3. The molecule has 0 unspecified atom stereocenters. The van der Waals surface area contributed by atoms with Crippen LogP contribution in [0, 0.1) is 16.7 Å². The zero-order valence-electron chi connectivity index (χ0n) is 20.0. The fourth-order valence-electron chi connectivity index (χ4n) is 3.86. The van der Waals surface area contributed by atoms with Crippen LogP contribution in [-0.2, 0) is 9.53 Å². The van der Waals surface area contributed by atoms with Crippen LogP contribution in [0.25, 0.3) is 11.1 Å². The van der Waals surface area contributed by atoms with Gasteiger partial charge < -0.3 is 24.3 Å². The minimum Gasteiger partial charge on any atom is -0.423 e. The Morgan fingerprint density at radius 3 is 2.74 bits per heavy atom. The fourth-order valence-corrected chi connectivity index (χ4v) is 3.86. The van der Waals surface area contributed by atoms with Gasteiger partial charge in [-0.2, -0.15) is 28.5 Å². The maximum Gasteiger partial charge on any atom is 0.433 e. The van der Waals surface area contributed by atoms with Crippen LogP contribution in [-0.4, -0.2) is 83.8 Å². The third-order valence-corrected chi connectivity index (χ3v) is 5.82. The molecule has 38 heavy (non-hydrogen) atoms. The standard InChI is InChI=1S/C23H23F3N8O4/c24-23(25,26)20(28)19-16(13-30-32-21(19)36)29-4-10-37-9-3-18(35)33-5-7-34(8-6-33)22-31-15-2-1-14(12-27)11-17(15)38-22/h1-2,11,13,28H,3-10H2,(H2,29,32,36). The number of amides is 1. The van der Waals surface area contributed by atoms with Crippen molar-refractivity contribution in [1.82, 2.24) is 20.1 Å². The molecule has 0 bridgehead atoms. The number of H-pyrrole nitrogens is 1. The Kier molecular flexibility index (Phi) is 7.91. The predicted octanol–water partition coefficient (Wildman–Crippen LogP) is 1.88. The molecular weight excluding hydrogens is 509 g/mol. The maximum absolute atomic E-state index is 12.9. The predicted molar refractivity (Wildman–Crippen MR) is 129 cm³/mol. The smallest absolute Gasteiger partial charge is 0.423 e. The van der Waals surface area contributed by atoms with Crippen LogP contribution in [0.2, 0.25) is 0 Å². The summed E-state index contributed by atoms with van der Waals surface area (Å²) < 4.78 is 49.8. The lowest BCUT2D eigenvalue weighted by Gasteiger charge is -2.33. The molecule has 15 heteroatoms. The van der Waals surface area contributed by atoms with Gasteiger partial charge in [-0.05, 0) is 12.1 Å². The summed E-state index contributed by atoms with van der Waals surface area (Å²) in [5.74, 6) is -0.103. The van der Waals surface area contributed by atoms with Gasteiger partial charge in [0.1, 0.15) is 5.52 Å². The van der Waals surface area contributed by atoms with Gasteiger partial charge in [0.15, 0.2) is 11.3 Å². The van der Waals surface area contributed by atoms with Crippen LogP contribution in [0.3, 0.4) is 0 Å². The summed E-state index contributed by atoms with van der Waals surface area (Å²) in [5, 5.41) is 24.2. The van der Waals surface area contributed by atoms with E-state index in [4.69, 9.17) is 19.8 Å². The molecule has 0 atom stereocenters. The number of hydrogen-bond acceptors (Lipinski definition) is 10. The van der Waals surface area contributed by atoms with E-state index in [1.807, 2.05) is 10.00 Å². The first-order valence-corrected chi connectivity index (χ1v) is 11.6. The first-order chi connectivity index (χ1) is 18.2. The molecule has 1 aliphatic rings. The lowest BCUT2D eigenvalue weighted by atomic mass is 10.1. The zero-order valence-corrected chi connectivity index (χ0v) is 20.0. The largest absolute Gasteiger partial charge is 0.433 e. The number of piperazine rings is 1. The Balaban J connectivity index is 1.18. The molecule has 12 nitrogen and oxygen atoms in total. The molecule has 0 aliphatic carbocycles. The van der Waals surface area contributed by atoms with Crippen molar-refractivity contribution in [3.63, 3.8) is 0 Å². The minimum absolute atomic E-state index is 0.0382. The SMILES string of the molecule is N#Cc1ccc2nc(N3CCN(C(=O)CCOCCNc4cn[nH]c(=O)c4C(=N)C(F)(F)F)CC3)oc2c1. The van der Waals surface area contributed by atoms with Gasteiger partial charge in [-0.1, -0.05) is 0 Å². The molecule has 1 amide bonds. The van der Waals surface area contributed by atoms with Gasteiger partial charge in [0.05, 0.1) is 48.7 Å². The molecule has 0 saturated carbocycles. The van der Waals surface area contributed by atoms with Gasteiger partial charge in [0, 0.05) is 38.8 Å². The van der Waals surface area contributed by atoms with Crippen molar-refractivity contribution >= 4 is 34.4 Å². The number of ether oxygens (including phenoxy) is 1. The van der Waals surface area contributed by atoms with Gasteiger partial charge in [-0.25, -0.2) is 5.10 Å². The molecule has 3 aromatic rings. The van der Waals surface area contributed by atoms with Crippen LogP contribution in [0.5, 0.6) is 0 Å². The number of halogens is 3. The quantitative estimate of drug-likeness (QED) is 0.276. The second-order valence-electron chi connectivity index (χ2n) is 8.31. The zero-order chi connectivity index (χ0) is 27.3. The molecule has 3 N–H and O–H groups in total. The average molecular weight is 532 g/mol. The highest BCUT2D eigenvalue weighted by molar-refractivity contribution is 6.06. The molecule has 1 saturated heterocycles. The summed E-state index contributed by atoms with van der Waals surface area (Å²) in [6.45, 7) is 2.17. The van der Waals surface area contributed by atoms with Crippen molar-refractivity contribution in [2.75, 3.05) is 56.2 Å². The summed E-state index contributed by atoms with van der Waals surface area (Å²) in [4.78, 5) is 32.4. The van der Waals surface area contributed by atoms with Gasteiger partial charge in [0.25, 0.3) is 11.6 Å². The molecule has 1 aliphatic heterocycles. The number of carbonyl (C=O) groups is 1. The number of alkyl halides is 3. The van der Waals surface area contributed by atoms with Crippen molar-refractivity contribution in [3.05, 3.63) is 45.9 Å². The second-order valence-corrected chi connectivity index (χ2v) is 8.31. The Labute approximate surface area is 213 Å². The normalized spacial score (nSPS) is 13.9. The number of benzene rings is 1. The van der Waals surface area contributed by atoms with Gasteiger partial charge >= 0.3 is 6.18 Å². The number of fused-ring (bicyclic) bond motifs is 1. The lowest BCUT2D eigenvalue weighted by molar-refractivity contribution is -0.132. The number of nitriles is 1. The van der Waals surface area contributed by atoms with E-state index >= 15 is 0 Å². The molecule has 1 aromatic carbocycles. The minimum atomic E-state index is -4.99. The molecule has 1 fully saturated rings. The van der Waals surface area contributed by atoms with E-state index in [9.17, 15) is 22.8 Å². The Hall–Kier alpha value is -4.45. The Morgan fingerprint density at radius 1 is 1.26 bits per heavy atom. The Bertz CT molecular complexity index is 1420. The highest BCUT2D eigenvalue weighted by atomic mass is 19.4. The average Bonchev–Trinajstić information content (AvgIpc) is 3.33. The number of nitrogens with zero attached hydrogens (tertiary/aromatic N) is 5. The fraction of sp³-hybridized carbons (Fsp3) is 0.391. The van der Waals surface area contributed by atoms with E-state index in [2.05, 4.69) is 21.5 Å². The number of nitrogens with one attached hydrogen (secondary N) is 3. The Morgan fingerprint density at radius 2 is 2.03 bits per heavy atom. The van der Waals surface area contributed by atoms with Crippen LogP contribution < -0.4 is 15.8 Å². The van der Waals surface area contributed by atoms with Gasteiger partial charge in [-0.15, -0.1) is 0 Å². The molecule has 0 spiro atoms. The van der Waals surface area contributed by atoms with Crippen LogP contribution in [0.4, 0.5) is 24.9 Å². The van der Waals surface area contributed by atoms with E-state index in [-0.39, 0.29) is 37.8 Å². The van der Waals surface area contributed by atoms with Gasteiger partial charge in [0.2, 0.25) is 5.91 Å². The van der Waals surface area contributed by atoms with E-state index in [1.54, 1.807) is 23.1 Å². The monoisotopic (exact) mass is 532 g/mol. The number of oxazole rings is 1. The molecule has 2 aromatic heterocycles. The molecule has 200 valence electrons. The highest BCUT2D eigenvalue weighted by Crippen LogP contribution is 2.24. The summed E-state index contributed by atoms with van der Waals surface area (Å²) in [6, 6.07) is 7.51. The van der Waals surface area contributed by atoms with E-state index < -0.39 is 23.0 Å². The number of anilines is 2. The van der Waals surface area contributed by atoms with Crippen LogP contribution >= 0.6 is 0 Å². The summed E-state index contributed by atoms with van der Waals surface area (Å²) in [5.41, 5.74) is -2.35. The molecular formula is C23H23F3N8O4. The first kappa shape index (κ1) is 26.6. The summed E-state index contributed by atoms with van der Waals surface area (Å²) in [6.07, 6.45) is -3.88. The molecule has 0 radical (unpaired) electrons. The third kappa shape index (κ3) is 6.09. The first-order valence-electron chi connectivity index (χ1n) is 11.6. The number of hydrogen-bond donors (Lipinski definition) is 3. The maximum atomic E-state index is 12.9. The van der Waals surface area contributed by atoms with Gasteiger partial charge in [-0.3, -0.25) is 15.0 Å². The van der Waals surface area contributed by atoms with E-state index in [0.29, 0.717) is 48.9 Å². The van der Waals surface area contributed by atoms with Crippen molar-refractivity contribution in [3.8, 4) is 6.07 Å². The third-order valence-electron chi connectivity index (χ3n) is 5.82. The van der Waals surface area contributed by atoms with Crippen molar-refractivity contribution in [2.45, 2.75) is 12.6 Å². The van der Waals surface area contributed by atoms with E-state index in [0.717, 1.165) is 6.20 Å². The number of carbonyl (C=O) groups excluding carboxylic acids is 1. The summed E-state index contributed by atoms with van der Waals surface area (Å²) in [7, 11) is 0. The number of rotatable bonds is 9. The number of aromatic amines is 1. The van der Waals surface area contributed by atoms with E-state index in [1.165, 1.54) is 0 Å². The molecule has 4 rings (SSSR count). The number of aromatic nitrogens is 3. The van der Waals surface area contributed by atoms with Crippen LogP contribution in [0.15, 0.2) is 33.6 Å². The molecule has 3 heterocycles. The summed E-state index contributed by atoms with van der Waals surface area (Å²) >= 11 is 0. The van der Waals surface area contributed by atoms with Crippen LogP contribution in [0.1, 0.15) is 17.5 Å². The highest BCUT2D eigenvalue weighted by Gasteiger charge is 2.38.